The molecule has 0 fully saturated rings. The molecular weight excluding hydrogens is 342 g/mol. The molecule has 1 aliphatic rings. The summed E-state index contributed by atoms with van der Waals surface area (Å²) in [4.78, 5) is 29.6. The van der Waals surface area contributed by atoms with E-state index in [1.54, 1.807) is 11.1 Å². The van der Waals surface area contributed by atoms with Gasteiger partial charge in [-0.25, -0.2) is 4.98 Å². The first-order chi connectivity index (χ1) is 13.1. The number of nitrogens with zero attached hydrogens (tertiary/aromatic N) is 3. The van der Waals surface area contributed by atoms with Crippen molar-refractivity contribution >= 4 is 22.9 Å². The molecule has 1 amide bonds. The Balaban J connectivity index is 1.69. The number of carbonyl (C=O) groups excluding carboxylic acids is 1. The molecule has 6 nitrogen and oxygen atoms in total. The van der Waals surface area contributed by atoms with Crippen LogP contribution >= 0.6 is 0 Å². The topological polar surface area (TPSA) is 75.4 Å². The SMILES string of the molecule is O=C(O)CCC(=O)N1CCc2c(n(Cc3ccccc3)c3ncccc23)C1. The fraction of sp³-hybridized carbons (Fsp3) is 0.286. The van der Waals surface area contributed by atoms with Gasteiger partial charge in [0, 0.05) is 36.8 Å². The molecule has 2 aromatic heterocycles. The highest BCUT2D eigenvalue weighted by Crippen LogP contribution is 2.30. The van der Waals surface area contributed by atoms with E-state index < -0.39 is 5.97 Å². The first kappa shape index (κ1) is 17.3. The summed E-state index contributed by atoms with van der Waals surface area (Å²) in [5, 5.41) is 9.98. The third kappa shape index (κ3) is 3.43. The highest BCUT2D eigenvalue weighted by Gasteiger charge is 2.27. The highest BCUT2D eigenvalue weighted by molar-refractivity contribution is 5.84. The maximum atomic E-state index is 12.4. The Labute approximate surface area is 157 Å². The number of carboxylic acids is 1. The van der Waals surface area contributed by atoms with Gasteiger partial charge in [0.2, 0.25) is 5.91 Å². The van der Waals surface area contributed by atoms with E-state index in [2.05, 4.69) is 27.8 Å². The molecule has 4 rings (SSSR count). The van der Waals surface area contributed by atoms with Crippen molar-refractivity contribution in [1.29, 1.82) is 0 Å². The molecular formula is C21H21N3O3. The van der Waals surface area contributed by atoms with E-state index in [0.29, 0.717) is 19.6 Å². The largest absolute Gasteiger partial charge is 0.481 e. The molecule has 3 aromatic rings. The highest BCUT2D eigenvalue weighted by atomic mass is 16.4. The van der Waals surface area contributed by atoms with E-state index in [4.69, 9.17) is 5.11 Å². The van der Waals surface area contributed by atoms with Crippen molar-refractivity contribution in [2.75, 3.05) is 6.54 Å². The van der Waals surface area contributed by atoms with Crippen LogP contribution in [0.5, 0.6) is 0 Å². The third-order valence-corrected chi connectivity index (χ3v) is 5.10. The van der Waals surface area contributed by atoms with Crippen molar-refractivity contribution < 1.29 is 14.7 Å². The van der Waals surface area contributed by atoms with E-state index in [0.717, 1.165) is 23.1 Å². The number of rotatable bonds is 5. The second kappa shape index (κ2) is 7.23. The second-order valence-electron chi connectivity index (χ2n) is 6.83. The molecule has 138 valence electrons. The lowest BCUT2D eigenvalue weighted by Crippen LogP contribution is -2.36. The predicted molar refractivity (Wildman–Crippen MR) is 101 cm³/mol. The molecule has 0 radical (unpaired) electrons. The van der Waals surface area contributed by atoms with Crippen molar-refractivity contribution in [3.8, 4) is 0 Å². The quantitative estimate of drug-likeness (QED) is 0.756. The van der Waals surface area contributed by atoms with Gasteiger partial charge in [0.05, 0.1) is 13.0 Å². The standard InChI is InChI=1S/C21H21N3O3/c25-19(8-9-20(26)27)23-12-10-16-17-7-4-11-22-21(17)24(18(16)14-23)13-15-5-2-1-3-6-15/h1-7,11H,8-10,12-14H2,(H,26,27). The Morgan fingerprint density at radius 1 is 1.07 bits per heavy atom. The normalized spacial score (nSPS) is 13.6. The summed E-state index contributed by atoms with van der Waals surface area (Å²) in [6.45, 7) is 1.81. The average molecular weight is 363 g/mol. The number of fused-ring (bicyclic) bond motifs is 3. The Bertz CT molecular complexity index is 995. The molecule has 0 saturated heterocycles. The molecule has 0 saturated carbocycles. The number of benzene rings is 1. The minimum absolute atomic E-state index is 0.0435. The number of pyridine rings is 1. The summed E-state index contributed by atoms with van der Waals surface area (Å²) in [5.41, 5.74) is 4.46. The van der Waals surface area contributed by atoms with Crippen LogP contribution in [0.15, 0.2) is 48.7 Å². The van der Waals surface area contributed by atoms with Crippen LogP contribution in [0.4, 0.5) is 0 Å². The van der Waals surface area contributed by atoms with Gasteiger partial charge in [-0.1, -0.05) is 30.3 Å². The van der Waals surface area contributed by atoms with Crippen LogP contribution in [0.2, 0.25) is 0 Å². The van der Waals surface area contributed by atoms with Gasteiger partial charge in [-0.2, -0.15) is 0 Å². The van der Waals surface area contributed by atoms with Crippen LogP contribution in [-0.4, -0.2) is 38.0 Å². The zero-order chi connectivity index (χ0) is 18.8. The van der Waals surface area contributed by atoms with Gasteiger partial charge in [0.1, 0.15) is 5.65 Å². The smallest absolute Gasteiger partial charge is 0.303 e. The molecule has 0 unspecified atom stereocenters. The van der Waals surface area contributed by atoms with Crippen molar-refractivity contribution in [3.05, 3.63) is 65.5 Å². The van der Waals surface area contributed by atoms with Crippen molar-refractivity contribution in [2.45, 2.75) is 32.4 Å². The Morgan fingerprint density at radius 3 is 2.67 bits per heavy atom. The van der Waals surface area contributed by atoms with Crippen LogP contribution in [0.25, 0.3) is 11.0 Å². The third-order valence-electron chi connectivity index (χ3n) is 5.10. The summed E-state index contributed by atoms with van der Waals surface area (Å²) < 4.78 is 2.19. The van der Waals surface area contributed by atoms with Gasteiger partial charge in [0.15, 0.2) is 0 Å². The summed E-state index contributed by atoms with van der Waals surface area (Å²) in [6, 6.07) is 14.2. The number of carbonyl (C=O) groups is 2. The van der Waals surface area contributed by atoms with Gasteiger partial charge >= 0.3 is 5.97 Å². The van der Waals surface area contributed by atoms with Crippen LogP contribution in [0, 0.1) is 0 Å². The lowest BCUT2D eigenvalue weighted by atomic mass is 10.0. The van der Waals surface area contributed by atoms with Crippen LogP contribution < -0.4 is 0 Å². The number of hydrogen-bond acceptors (Lipinski definition) is 3. The maximum absolute atomic E-state index is 12.4. The lowest BCUT2D eigenvalue weighted by Gasteiger charge is -2.28. The summed E-state index contributed by atoms with van der Waals surface area (Å²) in [6.07, 6.45) is 2.47. The molecule has 0 bridgehead atoms. The van der Waals surface area contributed by atoms with Gasteiger partial charge in [-0.15, -0.1) is 0 Å². The van der Waals surface area contributed by atoms with E-state index >= 15 is 0 Å². The number of hydrogen-bond donors (Lipinski definition) is 1. The lowest BCUT2D eigenvalue weighted by molar-refractivity contribution is -0.141. The van der Waals surface area contributed by atoms with Crippen LogP contribution in [0.1, 0.15) is 29.7 Å². The molecule has 1 aliphatic heterocycles. The zero-order valence-electron chi connectivity index (χ0n) is 15.0. The molecule has 1 aromatic carbocycles. The molecule has 0 spiro atoms. The first-order valence-corrected chi connectivity index (χ1v) is 9.12. The van der Waals surface area contributed by atoms with Gasteiger partial charge in [-0.3, -0.25) is 9.59 Å². The Hall–Kier alpha value is -3.15. The molecule has 27 heavy (non-hydrogen) atoms. The molecule has 6 heteroatoms. The van der Waals surface area contributed by atoms with Crippen molar-refractivity contribution in [2.24, 2.45) is 0 Å². The van der Waals surface area contributed by atoms with Gasteiger partial charge in [0.25, 0.3) is 0 Å². The summed E-state index contributed by atoms with van der Waals surface area (Å²) in [5.74, 6) is -1.05. The van der Waals surface area contributed by atoms with Crippen molar-refractivity contribution in [1.82, 2.24) is 14.5 Å². The molecule has 0 aliphatic carbocycles. The van der Waals surface area contributed by atoms with E-state index in [1.807, 2.05) is 24.3 Å². The van der Waals surface area contributed by atoms with Crippen LogP contribution in [0.3, 0.4) is 0 Å². The minimum atomic E-state index is -0.941. The molecule has 3 heterocycles. The summed E-state index contributed by atoms with van der Waals surface area (Å²) >= 11 is 0. The fourth-order valence-electron chi connectivity index (χ4n) is 3.78. The van der Waals surface area contributed by atoms with Crippen LogP contribution in [-0.2, 0) is 29.1 Å². The number of amides is 1. The van der Waals surface area contributed by atoms with E-state index in [1.165, 1.54) is 11.1 Å². The van der Waals surface area contributed by atoms with Crippen molar-refractivity contribution in [3.63, 3.8) is 0 Å². The monoisotopic (exact) mass is 363 g/mol. The zero-order valence-corrected chi connectivity index (χ0v) is 15.0. The number of aromatic nitrogens is 2. The first-order valence-electron chi connectivity index (χ1n) is 9.12. The molecule has 0 atom stereocenters. The predicted octanol–water partition coefficient (Wildman–Crippen LogP) is 2.83. The average Bonchev–Trinajstić information content (AvgIpc) is 3.00. The Morgan fingerprint density at radius 2 is 1.89 bits per heavy atom. The molecule has 1 N–H and O–H groups in total. The van der Waals surface area contributed by atoms with E-state index in [-0.39, 0.29) is 18.7 Å². The van der Waals surface area contributed by atoms with Gasteiger partial charge in [-0.05, 0) is 29.7 Å². The van der Waals surface area contributed by atoms with E-state index in [9.17, 15) is 9.59 Å². The number of aliphatic carboxylic acids is 1. The minimum Gasteiger partial charge on any atom is -0.481 e. The fourth-order valence-corrected chi connectivity index (χ4v) is 3.78. The maximum Gasteiger partial charge on any atom is 0.303 e. The second-order valence-corrected chi connectivity index (χ2v) is 6.83. The summed E-state index contributed by atoms with van der Waals surface area (Å²) in [7, 11) is 0. The Kier molecular flexibility index (Phi) is 4.62. The van der Waals surface area contributed by atoms with Gasteiger partial charge < -0.3 is 14.6 Å². The number of carboxylic acid groups (broad SMARTS) is 1.